The maximum absolute atomic E-state index is 11.5. The molecule has 0 N–H and O–H groups in total. The predicted molar refractivity (Wildman–Crippen MR) is 83.0 cm³/mol. The highest BCUT2D eigenvalue weighted by Crippen LogP contribution is 2.25. The zero-order valence-electron chi connectivity index (χ0n) is 13.1. The summed E-state index contributed by atoms with van der Waals surface area (Å²) in [6, 6.07) is 1.98. The van der Waals surface area contributed by atoms with Gasteiger partial charge in [0.15, 0.2) is 0 Å². The molecule has 6 nitrogen and oxygen atoms in total. The first kappa shape index (κ1) is 14.7. The summed E-state index contributed by atoms with van der Waals surface area (Å²) < 4.78 is 1.93. The molecular weight excluding hydrogens is 278 g/mol. The molecule has 0 spiro atoms. The number of carbonyl (C=O) groups excluding carboxylic acids is 1. The first-order chi connectivity index (χ1) is 10.7. The van der Waals surface area contributed by atoms with E-state index in [0.29, 0.717) is 5.92 Å². The normalized spacial score (nSPS) is 17.9. The highest BCUT2D eigenvalue weighted by atomic mass is 16.2. The molecule has 22 heavy (non-hydrogen) atoms. The van der Waals surface area contributed by atoms with Crippen LogP contribution in [0.2, 0.25) is 0 Å². The quantitative estimate of drug-likeness (QED) is 0.863. The largest absolute Gasteiger partial charge is 0.343 e. The van der Waals surface area contributed by atoms with E-state index in [1.165, 1.54) is 0 Å². The van der Waals surface area contributed by atoms with Crippen LogP contribution < -0.4 is 0 Å². The summed E-state index contributed by atoms with van der Waals surface area (Å²) in [7, 11) is 0. The Hall–Kier alpha value is -2.24. The minimum atomic E-state index is 0.158. The van der Waals surface area contributed by atoms with Gasteiger partial charge in [0, 0.05) is 45.1 Å². The van der Waals surface area contributed by atoms with Crippen LogP contribution in [0, 0.1) is 5.92 Å². The lowest BCUT2D eigenvalue weighted by molar-refractivity contribution is -0.127. The Morgan fingerprint density at radius 1 is 1.32 bits per heavy atom. The number of rotatable bonds is 4. The summed E-state index contributed by atoms with van der Waals surface area (Å²) in [5.74, 6) is 0.614. The molecule has 0 radical (unpaired) electrons. The average molecular weight is 299 g/mol. The molecule has 1 aliphatic heterocycles. The van der Waals surface area contributed by atoms with Crippen molar-refractivity contribution in [3.8, 4) is 11.4 Å². The SMILES string of the molecule is CCn1nccc1-c1nccnc1C[C@@H]1CCN(C(C)=O)C1. The standard InChI is InChI=1S/C16H21N5O/c1-3-21-15(4-6-19-21)16-14(17-7-8-18-16)10-13-5-9-20(11-13)12(2)22/h4,6-8,13H,3,5,9-11H2,1-2H3/t13-/m0/s1. The van der Waals surface area contributed by atoms with E-state index in [0.717, 1.165) is 49.6 Å². The number of amides is 1. The van der Waals surface area contributed by atoms with Crippen LogP contribution in [-0.2, 0) is 17.8 Å². The van der Waals surface area contributed by atoms with Crippen molar-refractivity contribution in [3.05, 3.63) is 30.4 Å². The van der Waals surface area contributed by atoms with Crippen LogP contribution in [0.3, 0.4) is 0 Å². The third kappa shape index (κ3) is 2.86. The van der Waals surface area contributed by atoms with E-state index in [2.05, 4.69) is 22.0 Å². The number of aromatic nitrogens is 4. The van der Waals surface area contributed by atoms with Gasteiger partial charge in [0.1, 0.15) is 5.69 Å². The van der Waals surface area contributed by atoms with Gasteiger partial charge in [-0.3, -0.25) is 19.4 Å². The molecule has 1 atom stereocenters. The van der Waals surface area contributed by atoms with E-state index in [1.807, 2.05) is 15.6 Å². The van der Waals surface area contributed by atoms with Crippen molar-refractivity contribution in [2.45, 2.75) is 33.2 Å². The second-order valence-corrected chi connectivity index (χ2v) is 5.71. The summed E-state index contributed by atoms with van der Waals surface area (Å²) in [5.41, 5.74) is 2.91. The van der Waals surface area contributed by atoms with E-state index in [4.69, 9.17) is 0 Å². The molecule has 1 aliphatic rings. The van der Waals surface area contributed by atoms with Crippen molar-refractivity contribution < 1.29 is 4.79 Å². The molecule has 3 heterocycles. The van der Waals surface area contributed by atoms with Gasteiger partial charge in [-0.25, -0.2) is 0 Å². The Balaban J connectivity index is 1.82. The Morgan fingerprint density at radius 3 is 2.86 bits per heavy atom. The van der Waals surface area contributed by atoms with Gasteiger partial charge in [-0.1, -0.05) is 0 Å². The molecule has 0 unspecified atom stereocenters. The average Bonchev–Trinajstić information content (AvgIpc) is 3.16. The van der Waals surface area contributed by atoms with Gasteiger partial charge in [-0.15, -0.1) is 0 Å². The number of likely N-dealkylation sites (tertiary alicyclic amines) is 1. The predicted octanol–water partition coefficient (Wildman–Crippen LogP) is 1.77. The smallest absolute Gasteiger partial charge is 0.219 e. The first-order valence-electron chi connectivity index (χ1n) is 7.76. The van der Waals surface area contributed by atoms with Gasteiger partial charge in [-0.05, 0) is 31.7 Å². The number of carbonyl (C=O) groups is 1. The van der Waals surface area contributed by atoms with E-state index in [-0.39, 0.29) is 5.91 Å². The molecule has 0 aromatic carbocycles. The van der Waals surface area contributed by atoms with Gasteiger partial charge < -0.3 is 4.90 Å². The summed E-state index contributed by atoms with van der Waals surface area (Å²) in [4.78, 5) is 22.4. The maximum Gasteiger partial charge on any atom is 0.219 e. The molecule has 3 rings (SSSR count). The van der Waals surface area contributed by atoms with Crippen LogP contribution in [0.1, 0.15) is 26.0 Å². The molecule has 2 aromatic heterocycles. The van der Waals surface area contributed by atoms with Crippen LogP contribution in [0.5, 0.6) is 0 Å². The van der Waals surface area contributed by atoms with Gasteiger partial charge in [0.2, 0.25) is 5.91 Å². The molecule has 0 saturated carbocycles. The van der Waals surface area contributed by atoms with Gasteiger partial charge in [-0.2, -0.15) is 5.10 Å². The van der Waals surface area contributed by atoms with Crippen LogP contribution >= 0.6 is 0 Å². The number of aryl methyl sites for hydroxylation is 1. The van der Waals surface area contributed by atoms with Crippen LogP contribution in [0.25, 0.3) is 11.4 Å². The van der Waals surface area contributed by atoms with Crippen molar-refractivity contribution in [1.82, 2.24) is 24.6 Å². The molecular formula is C16H21N5O. The van der Waals surface area contributed by atoms with E-state index in [1.54, 1.807) is 25.5 Å². The van der Waals surface area contributed by atoms with Crippen LogP contribution in [0.15, 0.2) is 24.7 Å². The lowest BCUT2D eigenvalue weighted by Gasteiger charge is -2.15. The first-order valence-corrected chi connectivity index (χ1v) is 7.76. The molecule has 1 fully saturated rings. The number of nitrogens with zero attached hydrogens (tertiary/aromatic N) is 5. The van der Waals surface area contributed by atoms with Crippen molar-refractivity contribution in [1.29, 1.82) is 0 Å². The Bertz CT molecular complexity index is 666. The van der Waals surface area contributed by atoms with E-state index >= 15 is 0 Å². The Morgan fingerprint density at radius 2 is 2.14 bits per heavy atom. The van der Waals surface area contributed by atoms with E-state index in [9.17, 15) is 4.79 Å². The zero-order valence-corrected chi connectivity index (χ0v) is 13.1. The molecule has 2 aromatic rings. The topological polar surface area (TPSA) is 63.9 Å². The number of hydrogen-bond acceptors (Lipinski definition) is 4. The second kappa shape index (κ2) is 6.25. The number of hydrogen-bond donors (Lipinski definition) is 0. The lowest BCUT2D eigenvalue weighted by Crippen LogP contribution is -2.26. The van der Waals surface area contributed by atoms with Crippen molar-refractivity contribution in [3.63, 3.8) is 0 Å². The Labute approximate surface area is 130 Å². The molecule has 116 valence electrons. The highest BCUT2D eigenvalue weighted by Gasteiger charge is 2.26. The molecule has 1 amide bonds. The van der Waals surface area contributed by atoms with Crippen molar-refractivity contribution >= 4 is 5.91 Å². The van der Waals surface area contributed by atoms with Crippen LogP contribution in [0.4, 0.5) is 0 Å². The van der Waals surface area contributed by atoms with Crippen molar-refractivity contribution in [2.75, 3.05) is 13.1 Å². The minimum Gasteiger partial charge on any atom is -0.343 e. The fourth-order valence-corrected chi connectivity index (χ4v) is 3.07. The molecule has 6 heteroatoms. The molecule has 0 aliphatic carbocycles. The minimum absolute atomic E-state index is 0.158. The summed E-state index contributed by atoms with van der Waals surface area (Å²) in [6.07, 6.45) is 7.14. The third-order valence-corrected chi connectivity index (χ3v) is 4.25. The van der Waals surface area contributed by atoms with Gasteiger partial charge in [0.05, 0.1) is 11.4 Å². The third-order valence-electron chi connectivity index (χ3n) is 4.25. The maximum atomic E-state index is 11.5. The van der Waals surface area contributed by atoms with Crippen molar-refractivity contribution in [2.24, 2.45) is 5.92 Å². The summed E-state index contributed by atoms with van der Waals surface area (Å²) in [6.45, 7) is 6.17. The summed E-state index contributed by atoms with van der Waals surface area (Å²) in [5, 5.41) is 4.32. The van der Waals surface area contributed by atoms with E-state index < -0.39 is 0 Å². The molecule has 1 saturated heterocycles. The second-order valence-electron chi connectivity index (χ2n) is 5.71. The summed E-state index contributed by atoms with van der Waals surface area (Å²) >= 11 is 0. The lowest BCUT2D eigenvalue weighted by atomic mass is 10.0. The van der Waals surface area contributed by atoms with Gasteiger partial charge in [0.25, 0.3) is 0 Å². The zero-order chi connectivity index (χ0) is 15.5. The Kier molecular flexibility index (Phi) is 4.18. The van der Waals surface area contributed by atoms with Crippen LogP contribution in [-0.4, -0.2) is 43.6 Å². The molecule has 0 bridgehead atoms. The fourth-order valence-electron chi connectivity index (χ4n) is 3.07. The monoisotopic (exact) mass is 299 g/mol. The fraction of sp³-hybridized carbons (Fsp3) is 0.500. The van der Waals surface area contributed by atoms with Gasteiger partial charge >= 0.3 is 0 Å². The highest BCUT2D eigenvalue weighted by molar-refractivity contribution is 5.73.